The van der Waals surface area contributed by atoms with E-state index in [0.717, 1.165) is 19.5 Å². The molecule has 24 heavy (non-hydrogen) atoms. The van der Waals surface area contributed by atoms with Gasteiger partial charge in [-0.1, -0.05) is 6.07 Å². The fourth-order valence-corrected chi connectivity index (χ4v) is 4.17. The van der Waals surface area contributed by atoms with E-state index in [-0.39, 0.29) is 0 Å². The molecule has 128 valence electrons. The van der Waals surface area contributed by atoms with Crippen LogP contribution in [0.3, 0.4) is 0 Å². The van der Waals surface area contributed by atoms with Crippen molar-refractivity contribution in [1.29, 1.82) is 0 Å². The van der Waals surface area contributed by atoms with Crippen LogP contribution in [-0.2, 0) is 26.4 Å². The molecule has 4 rings (SSSR count). The fourth-order valence-electron chi connectivity index (χ4n) is 4.17. The molecule has 0 aromatic carbocycles. The molecule has 1 aliphatic heterocycles. The predicted octanol–water partition coefficient (Wildman–Crippen LogP) is 3.04. The molecule has 0 amide bonds. The molecule has 2 aliphatic rings. The molecule has 5 nitrogen and oxygen atoms in total. The minimum atomic E-state index is 0.433. The van der Waals surface area contributed by atoms with Gasteiger partial charge in [0.15, 0.2) is 0 Å². The summed E-state index contributed by atoms with van der Waals surface area (Å²) in [7, 11) is 3.86. The first kappa shape index (κ1) is 15.6. The largest absolute Gasteiger partial charge is 0.481 e. The zero-order valence-electron chi connectivity index (χ0n) is 14.7. The number of hydrogen-bond donors (Lipinski definition) is 0. The van der Waals surface area contributed by atoms with Gasteiger partial charge < -0.3 is 9.30 Å². The minimum Gasteiger partial charge on any atom is -0.481 e. The number of imidazole rings is 1. The molecule has 0 radical (unpaired) electrons. The molecule has 0 spiro atoms. The Morgan fingerprint density at radius 2 is 2.08 bits per heavy atom. The molecular formula is C19H26N4O. The topological polar surface area (TPSA) is 43.2 Å². The minimum absolute atomic E-state index is 0.433. The highest BCUT2D eigenvalue weighted by Crippen LogP contribution is 2.34. The van der Waals surface area contributed by atoms with E-state index in [9.17, 15) is 0 Å². The van der Waals surface area contributed by atoms with Crippen molar-refractivity contribution < 1.29 is 4.74 Å². The van der Waals surface area contributed by atoms with Gasteiger partial charge in [0.1, 0.15) is 5.82 Å². The quantitative estimate of drug-likeness (QED) is 0.866. The first-order valence-corrected chi connectivity index (χ1v) is 9.03. The molecular weight excluding hydrogens is 300 g/mol. The first-order valence-electron chi connectivity index (χ1n) is 9.03. The van der Waals surface area contributed by atoms with Crippen LogP contribution in [0.1, 0.15) is 54.5 Å². The molecule has 3 heterocycles. The molecule has 0 saturated carbocycles. The number of ether oxygens (including phenoxy) is 1. The summed E-state index contributed by atoms with van der Waals surface area (Å²) in [5, 5.41) is 0. The van der Waals surface area contributed by atoms with Gasteiger partial charge >= 0.3 is 0 Å². The normalized spacial score (nSPS) is 21.0. The van der Waals surface area contributed by atoms with Crippen molar-refractivity contribution in [2.24, 2.45) is 7.05 Å². The molecule has 2 aromatic heterocycles. The third-order valence-corrected chi connectivity index (χ3v) is 5.46. The third kappa shape index (κ3) is 2.81. The number of aromatic nitrogens is 3. The number of aryl methyl sites for hydroxylation is 1. The predicted molar refractivity (Wildman–Crippen MR) is 93.0 cm³/mol. The number of rotatable bonds is 4. The SMILES string of the molecule is COc1ccc(CN2CCC[C@@H]2c2nc3c(n2C)CCCC3)cn1. The highest BCUT2D eigenvalue weighted by molar-refractivity contribution is 5.23. The van der Waals surface area contributed by atoms with Crippen molar-refractivity contribution in [2.75, 3.05) is 13.7 Å². The lowest BCUT2D eigenvalue weighted by Crippen LogP contribution is -2.25. The highest BCUT2D eigenvalue weighted by atomic mass is 16.5. The lowest BCUT2D eigenvalue weighted by atomic mass is 10.0. The monoisotopic (exact) mass is 326 g/mol. The lowest BCUT2D eigenvalue weighted by molar-refractivity contribution is 0.236. The smallest absolute Gasteiger partial charge is 0.212 e. The molecule has 1 saturated heterocycles. The van der Waals surface area contributed by atoms with Gasteiger partial charge in [-0.2, -0.15) is 0 Å². The summed E-state index contributed by atoms with van der Waals surface area (Å²) in [5.74, 6) is 1.94. The molecule has 0 N–H and O–H groups in total. The van der Waals surface area contributed by atoms with E-state index in [0.29, 0.717) is 11.9 Å². The van der Waals surface area contributed by atoms with Gasteiger partial charge in [0.2, 0.25) is 5.88 Å². The maximum absolute atomic E-state index is 5.15. The number of likely N-dealkylation sites (tertiary alicyclic amines) is 1. The second kappa shape index (κ2) is 6.55. The Kier molecular flexibility index (Phi) is 4.27. The van der Waals surface area contributed by atoms with E-state index in [1.54, 1.807) is 7.11 Å². The summed E-state index contributed by atoms with van der Waals surface area (Å²) in [6.45, 7) is 2.06. The van der Waals surface area contributed by atoms with Crippen molar-refractivity contribution in [3.05, 3.63) is 41.1 Å². The molecule has 2 aromatic rings. The van der Waals surface area contributed by atoms with Gasteiger partial charge in [-0.25, -0.2) is 9.97 Å². The lowest BCUT2D eigenvalue weighted by Gasteiger charge is -2.24. The zero-order chi connectivity index (χ0) is 16.5. The Morgan fingerprint density at radius 1 is 1.21 bits per heavy atom. The van der Waals surface area contributed by atoms with Crippen LogP contribution in [-0.4, -0.2) is 33.1 Å². The second-order valence-corrected chi connectivity index (χ2v) is 6.97. The standard InChI is InChI=1S/C19H26N4O/c1-22-16-7-4-3-6-15(16)21-19(22)17-8-5-11-23(17)13-14-9-10-18(24-2)20-12-14/h9-10,12,17H,3-8,11,13H2,1-2H3/t17-/m1/s1. The molecule has 5 heteroatoms. The van der Waals surface area contributed by atoms with Crippen LogP contribution in [0.2, 0.25) is 0 Å². The Balaban J connectivity index is 1.55. The van der Waals surface area contributed by atoms with Gasteiger partial charge in [-0.15, -0.1) is 0 Å². The van der Waals surface area contributed by atoms with Crippen molar-refractivity contribution in [3.8, 4) is 5.88 Å². The van der Waals surface area contributed by atoms with E-state index in [1.165, 1.54) is 54.9 Å². The second-order valence-electron chi connectivity index (χ2n) is 6.97. The van der Waals surface area contributed by atoms with E-state index < -0.39 is 0 Å². The van der Waals surface area contributed by atoms with Gasteiger partial charge in [-0.05, 0) is 50.6 Å². The van der Waals surface area contributed by atoms with Gasteiger partial charge in [0, 0.05) is 31.5 Å². The van der Waals surface area contributed by atoms with Crippen molar-refractivity contribution in [2.45, 2.75) is 51.1 Å². The van der Waals surface area contributed by atoms with E-state index >= 15 is 0 Å². The van der Waals surface area contributed by atoms with Crippen LogP contribution in [0.5, 0.6) is 5.88 Å². The van der Waals surface area contributed by atoms with Gasteiger partial charge in [0.25, 0.3) is 0 Å². The van der Waals surface area contributed by atoms with Gasteiger partial charge in [-0.3, -0.25) is 4.90 Å². The van der Waals surface area contributed by atoms with Gasteiger partial charge in [0.05, 0.1) is 18.8 Å². The molecule has 1 atom stereocenters. The Bertz CT molecular complexity index is 707. The van der Waals surface area contributed by atoms with Crippen LogP contribution in [0.4, 0.5) is 0 Å². The number of nitrogens with zero attached hydrogens (tertiary/aromatic N) is 4. The maximum Gasteiger partial charge on any atom is 0.212 e. The molecule has 1 aliphatic carbocycles. The van der Waals surface area contributed by atoms with E-state index in [2.05, 4.69) is 27.6 Å². The summed E-state index contributed by atoms with van der Waals surface area (Å²) in [5.41, 5.74) is 4.05. The average Bonchev–Trinajstić information content (AvgIpc) is 3.20. The third-order valence-electron chi connectivity index (χ3n) is 5.46. The molecule has 0 bridgehead atoms. The Morgan fingerprint density at radius 3 is 2.83 bits per heavy atom. The number of hydrogen-bond acceptors (Lipinski definition) is 4. The average molecular weight is 326 g/mol. The van der Waals surface area contributed by atoms with Crippen LogP contribution >= 0.6 is 0 Å². The maximum atomic E-state index is 5.15. The van der Waals surface area contributed by atoms with Crippen LogP contribution < -0.4 is 4.74 Å². The Hall–Kier alpha value is -1.88. The summed E-state index contributed by atoms with van der Waals surface area (Å²) in [6, 6.07) is 4.49. The molecule has 1 fully saturated rings. The number of pyridine rings is 1. The summed E-state index contributed by atoms with van der Waals surface area (Å²) < 4.78 is 7.53. The van der Waals surface area contributed by atoms with E-state index in [4.69, 9.17) is 9.72 Å². The van der Waals surface area contributed by atoms with Crippen LogP contribution in [0.25, 0.3) is 0 Å². The summed E-state index contributed by atoms with van der Waals surface area (Å²) >= 11 is 0. The van der Waals surface area contributed by atoms with Crippen LogP contribution in [0.15, 0.2) is 18.3 Å². The van der Waals surface area contributed by atoms with E-state index in [1.807, 2.05) is 12.3 Å². The number of fused-ring (bicyclic) bond motifs is 1. The highest BCUT2D eigenvalue weighted by Gasteiger charge is 2.31. The van der Waals surface area contributed by atoms with Crippen molar-refractivity contribution in [1.82, 2.24) is 19.4 Å². The first-order chi connectivity index (χ1) is 11.8. The fraction of sp³-hybridized carbons (Fsp3) is 0.579. The summed E-state index contributed by atoms with van der Waals surface area (Å²) in [6.07, 6.45) is 9.30. The molecule has 0 unspecified atom stereocenters. The zero-order valence-corrected chi connectivity index (χ0v) is 14.7. The van der Waals surface area contributed by atoms with Crippen molar-refractivity contribution >= 4 is 0 Å². The summed E-state index contributed by atoms with van der Waals surface area (Å²) in [4.78, 5) is 11.9. The van der Waals surface area contributed by atoms with Crippen molar-refractivity contribution in [3.63, 3.8) is 0 Å². The van der Waals surface area contributed by atoms with Crippen LogP contribution in [0, 0.1) is 0 Å². The Labute approximate surface area is 143 Å². The number of methoxy groups -OCH3 is 1.